The minimum Gasteiger partial charge on any atom is -0.458 e. The SMILES string of the molecule is CCCCCCCCCCCCCCCCCCCCCC=CC(=O)OCC(COC(=O)C=CCCCCCCCCCCCCCCCCCCCCC)OC(=O)C=CCCCCCCCCCCCCCCCCCCCCC. The van der Waals surface area contributed by atoms with Crippen molar-refractivity contribution >= 4 is 17.9 Å². The molecule has 476 valence electrons. The molecule has 0 radical (unpaired) electrons. The average molecular weight is 1140 g/mol. The second-order valence-electron chi connectivity index (χ2n) is 25.0. The van der Waals surface area contributed by atoms with Gasteiger partial charge in [0.25, 0.3) is 0 Å². The van der Waals surface area contributed by atoms with Crippen LogP contribution >= 0.6 is 0 Å². The van der Waals surface area contributed by atoms with Crippen LogP contribution in [0.3, 0.4) is 0 Å². The number of esters is 3. The highest BCUT2D eigenvalue weighted by Gasteiger charge is 2.18. The zero-order valence-electron chi connectivity index (χ0n) is 54.8. The predicted molar refractivity (Wildman–Crippen MR) is 353 cm³/mol. The molecule has 0 heterocycles. The van der Waals surface area contributed by atoms with Crippen molar-refractivity contribution in [3.63, 3.8) is 0 Å². The maximum absolute atomic E-state index is 12.9. The lowest BCUT2D eigenvalue weighted by Crippen LogP contribution is -2.30. The first-order chi connectivity index (χ1) is 40.0. The van der Waals surface area contributed by atoms with Gasteiger partial charge in [-0.1, -0.05) is 386 Å². The van der Waals surface area contributed by atoms with Crippen molar-refractivity contribution in [3.05, 3.63) is 36.5 Å². The van der Waals surface area contributed by atoms with Gasteiger partial charge in [-0.3, -0.25) is 0 Å². The zero-order chi connectivity index (χ0) is 58.5. The topological polar surface area (TPSA) is 78.9 Å². The number of allylic oxidation sites excluding steroid dienone is 3. The molecule has 0 atom stereocenters. The first-order valence-electron chi connectivity index (χ1n) is 36.6. The maximum Gasteiger partial charge on any atom is 0.330 e. The smallest absolute Gasteiger partial charge is 0.330 e. The van der Waals surface area contributed by atoms with E-state index in [1.165, 1.54) is 359 Å². The van der Waals surface area contributed by atoms with E-state index < -0.39 is 24.0 Å². The van der Waals surface area contributed by atoms with Gasteiger partial charge in [0.05, 0.1) is 0 Å². The molecule has 0 bridgehead atoms. The summed E-state index contributed by atoms with van der Waals surface area (Å²) in [5.74, 6) is -1.45. The molecule has 6 nitrogen and oxygen atoms in total. The number of unbranched alkanes of at least 4 members (excludes halogenated alkanes) is 57. The van der Waals surface area contributed by atoms with Gasteiger partial charge in [0.2, 0.25) is 0 Å². The van der Waals surface area contributed by atoms with Crippen LogP contribution < -0.4 is 0 Å². The zero-order valence-corrected chi connectivity index (χ0v) is 54.8. The van der Waals surface area contributed by atoms with Crippen molar-refractivity contribution in [2.75, 3.05) is 13.2 Å². The summed E-state index contributed by atoms with van der Waals surface area (Å²) in [6, 6.07) is 0. The normalized spacial score (nSPS) is 12.2. The van der Waals surface area contributed by atoms with Gasteiger partial charge in [-0.15, -0.1) is 0 Å². The van der Waals surface area contributed by atoms with E-state index in [1.54, 1.807) is 0 Å². The molecule has 0 aliphatic rings. The van der Waals surface area contributed by atoms with Crippen molar-refractivity contribution < 1.29 is 28.6 Å². The number of rotatable bonds is 68. The summed E-state index contributed by atoms with van der Waals surface area (Å²) in [5, 5.41) is 0. The Hall–Kier alpha value is -2.37. The van der Waals surface area contributed by atoms with Crippen molar-refractivity contribution in [3.8, 4) is 0 Å². The minimum absolute atomic E-state index is 0.169. The number of carbonyl (C=O) groups excluding carboxylic acids is 3. The second kappa shape index (κ2) is 70.1. The molecule has 0 N–H and O–H groups in total. The van der Waals surface area contributed by atoms with Crippen LogP contribution in [0.5, 0.6) is 0 Å². The van der Waals surface area contributed by atoms with Crippen LogP contribution in [0.25, 0.3) is 0 Å². The summed E-state index contributed by atoms with van der Waals surface area (Å²) in [5.41, 5.74) is 0. The third-order valence-corrected chi connectivity index (χ3v) is 16.8. The second-order valence-corrected chi connectivity index (χ2v) is 25.0. The van der Waals surface area contributed by atoms with E-state index in [1.807, 2.05) is 18.2 Å². The molecule has 0 spiro atoms. The Morgan fingerprint density at radius 1 is 0.235 bits per heavy atom. The molecule has 0 amide bonds. The molecule has 0 aromatic heterocycles. The van der Waals surface area contributed by atoms with E-state index >= 15 is 0 Å². The molecule has 0 rings (SSSR count). The van der Waals surface area contributed by atoms with E-state index in [9.17, 15) is 14.4 Å². The molecule has 6 heteroatoms. The summed E-state index contributed by atoms with van der Waals surface area (Å²) in [4.78, 5) is 38.2. The monoisotopic (exact) mass is 1140 g/mol. The molecule has 0 aliphatic carbocycles. The van der Waals surface area contributed by atoms with Crippen LogP contribution in [-0.2, 0) is 28.6 Å². The molecule has 0 saturated heterocycles. The van der Waals surface area contributed by atoms with Crippen LogP contribution in [0.4, 0.5) is 0 Å². The van der Waals surface area contributed by atoms with Crippen LogP contribution in [0, 0.1) is 0 Å². The van der Waals surface area contributed by atoms with Crippen LogP contribution in [0.1, 0.15) is 406 Å². The molecule has 0 saturated carbocycles. The van der Waals surface area contributed by atoms with E-state index in [4.69, 9.17) is 14.2 Å². The van der Waals surface area contributed by atoms with Crippen molar-refractivity contribution in [1.29, 1.82) is 0 Å². The van der Waals surface area contributed by atoms with E-state index in [-0.39, 0.29) is 13.2 Å². The molecular weight excluding hydrogens is 997 g/mol. The van der Waals surface area contributed by atoms with Crippen molar-refractivity contribution in [2.24, 2.45) is 0 Å². The quantitative estimate of drug-likeness (QED) is 0.0261. The summed E-state index contributed by atoms with van der Waals surface area (Å²) < 4.78 is 16.7. The third-order valence-electron chi connectivity index (χ3n) is 16.8. The highest BCUT2D eigenvalue weighted by molar-refractivity contribution is 5.83. The Bertz CT molecular complexity index is 1280. The fourth-order valence-electron chi connectivity index (χ4n) is 11.3. The fourth-order valence-corrected chi connectivity index (χ4v) is 11.3. The molecular formula is C75H140O6. The number of carbonyl (C=O) groups is 3. The Labute approximate surface area is 506 Å². The van der Waals surface area contributed by atoms with Gasteiger partial charge in [0.15, 0.2) is 6.10 Å². The summed E-state index contributed by atoms with van der Waals surface area (Å²) in [6.07, 6.45) is 88.9. The lowest BCUT2D eigenvalue weighted by atomic mass is 10.0. The van der Waals surface area contributed by atoms with Crippen LogP contribution in [0.2, 0.25) is 0 Å². The molecule has 0 aromatic rings. The summed E-state index contributed by atoms with van der Waals surface area (Å²) >= 11 is 0. The van der Waals surface area contributed by atoms with Crippen molar-refractivity contribution in [1.82, 2.24) is 0 Å². The lowest BCUT2D eigenvalue weighted by Gasteiger charge is -2.16. The van der Waals surface area contributed by atoms with Gasteiger partial charge < -0.3 is 14.2 Å². The van der Waals surface area contributed by atoms with Gasteiger partial charge >= 0.3 is 17.9 Å². The summed E-state index contributed by atoms with van der Waals surface area (Å²) in [7, 11) is 0. The van der Waals surface area contributed by atoms with Crippen molar-refractivity contribution in [2.45, 2.75) is 412 Å². The number of hydrogen-bond donors (Lipinski definition) is 0. The summed E-state index contributed by atoms with van der Waals surface area (Å²) in [6.45, 7) is 6.53. The molecule has 81 heavy (non-hydrogen) atoms. The van der Waals surface area contributed by atoms with Gasteiger partial charge in [-0.05, 0) is 38.5 Å². The standard InChI is InChI=1S/C75H140O6/c1-4-7-10-13-16-19-22-25-28-31-34-37-40-43-46-49-52-55-58-61-64-67-73(76)79-70-72(81-75(78)69-66-63-60-57-54-51-48-45-42-39-36-33-30-27-24-21-18-15-12-9-6-3)71-80-74(77)68-65-62-59-56-53-50-47-44-41-38-35-32-29-26-23-20-17-14-11-8-5-2/h64-69,72H,4-63,70-71H2,1-3H3. The number of ether oxygens (including phenoxy) is 3. The lowest BCUT2D eigenvalue weighted by molar-refractivity contribution is -0.160. The highest BCUT2D eigenvalue weighted by Crippen LogP contribution is 2.19. The van der Waals surface area contributed by atoms with Crippen LogP contribution in [-0.4, -0.2) is 37.2 Å². The Morgan fingerprint density at radius 2 is 0.395 bits per heavy atom. The van der Waals surface area contributed by atoms with E-state index in [0.717, 1.165) is 44.9 Å². The van der Waals surface area contributed by atoms with E-state index in [2.05, 4.69) is 20.8 Å². The van der Waals surface area contributed by atoms with Gasteiger partial charge in [-0.2, -0.15) is 0 Å². The first kappa shape index (κ1) is 78.6. The molecule has 0 aliphatic heterocycles. The predicted octanol–water partition coefficient (Wildman–Crippen LogP) is 25.1. The first-order valence-corrected chi connectivity index (χ1v) is 36.6. The minimum atomic E-state index is -0.883. The third kappa shape index (κ3) is 68.3. The molecule has 0 unspecified atom stereocenters. The van der Waals surface area contributed by atoms with Gasteiger partial charge in [0.1, 0.15) is 13.2 Å². The Balaban J connectivity index is 4.40. The van der Waals surface area contributed by atoms with Crippen LogP contribution in [0.15, 0.2) is 36.5 Å². The maximum atomic E-state index is 12.9. The Kier molecular flexibility index (Phi) is 68.1. The fraction of sp³-hybridized carbons (Fsp3) is 0.880. The Morgan fingerprint density at radius 3 is 0.580 bits per heavy atom. The number of hydrogen-bond acceptors (Lipinski definition) is 6. The van der Waals surface area contributed by atoms with Gasteiger partial charge in [-0.25, -0.2) is 14.4 Å². The largest absolute Gasteiger partial charge is 0.458 e. The highest BCUT2D eigenvalue weighted by atomic mass is 16.6. The van der Waals surface area contributed by atoms with Gasteiger partial charge in [0, 0.05) is 18.2 Å². The molecule has 0 fully saturated rings. The average Bonchev–Trinajstić information content (AvgIpc) is 3.47. The van der Waals surface area contributed by atoms with E-state index in [0.29, 0.717) is 0 Å². The molecule has 0 aromatic carbocycles.